The minimum Gasteiger partial charge on any atom is -0.380 e. The Bertz CT molecular complexity index is 471. The van der Waals surface area contributed by atoms with Crippen LogP contribution in [0.1, 0.15) is 31.3 Å². The van der Waals surface area contributed by atoms with Gasteiger partial charge in [-0.15, -0.1) is 5.10 Å². The van der Waals surface area contributed by atoms with Crippen LogP contribution in [0.3, 0.4) is 0 Å². The second-order valence-corrected chi connectivity index (χ2v) is 5.85. The highest BCUT2D eigenvalue weighted by Gasteiger charge is 2.21. The van der Waals surface area contributed by atoms with Crippen LogP contribution in [0.25, 0.3) is 0 Å². The third-order valence-corrected chi connectivity index (χ3v) is 3.21. The van der Waals surface area contributed by atoms with Crippen molar-refractivity contribution in [2.75, 3.05) is 5.32 Å². The summed E-state index contributed by atoms with van der Waals surface area (Å²) >= 11 is 1.47. The quantitative estimate of drug-likeness (QED) is 0.902. The first kappa shape index (κ1) is 12.0. The maximum absolute atomic E-state index is 4.23. The Balaban J connectivity index is 2.08. The Labute approximate surface area is 106 Å². The number of rotatable bonds is 3. The molecular formula is C13H17N3S. The molecule has 0 spiro atoms. The van der Waals surface area contributed by atoms with Gasteiger partial charge in [0.05, 0.1) is 17.1 Å². The topological polar surface area (TPSA) is 37.8 Å². The molecule has 0 aliphatic heterocycles. The molecule has 0 radical (unpaired) electrons. The van der Waals surface area contributed by atoms with Gasteiger partial charge in [-0.3, -0.25) is 0 Å². The summed E-state index contributed by atoms with van der Waals surface area (Å²) in [5, 5.41) is 7.62. The minimum absolute atomic E-state index is 0.0563. The second-order valence-electron chi connectivity index (χ2n) is 5.01. The molecule has 0 aliphatic carbocycles. The van der Waals surface area contributed by atoms with E-state index < -0.39 is 0 Å². The Morgan fingerprint density at radius 3 is 2.53 bits per heavy atom. The van der Waals surface area contributed by atoms with Crippen LogP contribution < -0.4 is 5.32 Å². The van der Waals surface area contributed by atoms with Gasteiger partial charge in [-0.1, -0.05) is 43.5 Å². The smallest absolute Gasteiger partial charge is 0.0859 e. The second kappa shape index (κ2) is 4.84. The molecule has 0 unspecified atom stereocenters. The van der Waals surface area contributed by atoms with Crippen LogP contribution in [0.5, 0.6) is 0 Å². The van der Waals surface area contributed by atoms with Crippen molar-refractivity contribution in [3.8, 4) is 0 Å². The van der Waals surface area contributed by atoms with E-state index in [1.807, 2.05) is 18.2 Å². The first-order valence-corrected chi connectivity index (χ1v) is 6.45. The van der Waals surface area contributed by atoms with E-state index in [0.29, 0.717) is 0 Å². The lowest BCUT2D eigenvalue weighted by atomic mass is 9.91. The minimum atomic E-state index is 0.0563. The van der Waals surface area contributed by atoms with Gasteiger partial charge in [-0.25, -0.2) is 0 Å². The van der Waals surface area contributed by atoms with Gasteiger partial charge in [-0.05, 0) is 23.7 Å². The molecule has 0 aliphatic rings. The SMILES string of the molecule is CC(C)(C)c1nnsc1CNc1ccccc1. The predicted molar refractivity (Wildman–Crippen MR) is 72.4 cm³/mol. The molecule has 2 aromatic rings. The molecule has 1 aromatic carbocycles. The summed E-state index contributed by atoms with van der Waals surface area (Å²) in [7, 11) is 0. The van der Waals surface area contributed by atoms with Gasteiger partial charge in [0.15, 0.2) is 0 Å². The third-order valence-electron chi connectivity index (χ3n) is 2.49. The Hall–Kier alpha value is -1.42. The lowest BCUT2D eigenvalue weighted by Crippen LogP contribution is -2.15. The lowest BCUT2D eigenvalue weighted by molar-refractivity contribution is 0.561. The van der Waals surface area contributed by atoms with Crippen LogP contribution in [-0.4, -0.2) is 9.59 Å². The number of aromatic nitrogens is 2. The number of para-hydroxylation sites is 1. The Kier molecular flexibility index (Phi) is 3.43. The fourth-order valence-electron chi connectivity index (χ4n) is 1.63. The van der Waals surface area contributed by atoms with E-state index in [9.17, 15) is 0 Å². The Morgan fingerprint density at radius 2 is 1.88 bits per heavy atom. The van der Waals surface area contributed by atoms with Crippen LogP contribution in [0.4, 0.5) is 5.69 Å². The average Bonchev–Trinajstić information content (AvgIpc) is 2.75. The molecule has 0 saturated carbocycles. The van der Waals surface area contributed by atoms with Crippen molar-refractivity contribution in [2.24, 2.45) is 0 Å². The first-order valence-electron chi connectivity index (χ1n) is 5.68. The zero-order valence-corrected chi connectivity index (χ0v) is 11.2. The molecule has 0 atom stereocenters. The summed E-state index contributed by atoms with van der Waals surface area (Å²) in [6.07, 6.45) is 0. The Morgan fingerprint density at radius 1 is 1.18 bits per heavy atom. The molecule has 0 amide bonds. The van der Waals surface area contributed by atoms with Gasteiger partial charge >= 0.3 is 0 Å². The molecule has 0 fully saturated rings. The van der Waals surface area contributed by atoms with Gasteiger partial charge in [0.2, 0.25) is 0 Å². The lowest BCUT2D eigenvalue weighted by Gasteiger charge is -2.16. The summed E-state index contributed by atoms with van der Waals surface area (Å²) in [4.78, 5) is 1.21. The van der Waals surface area contributed by atoms with Crippen LogP contribution >= 0.6 is 11.5 Å². The van der Waals surface area contributed by atoms with Gasteiger partial charge < -0.3 is 5.32 Å². The highest BCUT2D eigenvalue weighted by Crippen LogP contribution is 2.26. The van der Waals surface area contributed by atoms with Crippen molar-refractivity contribution in [3.63, 3.8) is 0 Å². The fourth-order valence-corrected chi connectivity index (χ4v) is 2.42. The van der Waals surface area contributed by atoms with Crippen LogP contribution in [0.2, 0.25) is 0 Å². The van der Waals surface area contributed by atoms with Crippen LogP contribution in [0, 0.1) is 0 Å². The predicted octanol–water partition coefficient (Wildman–Crippen LogP) is 3.45. The van der Waals surface area contributed by atoms with Gasteiger partial charge in [0.25, 0.3) is 0 Å². The molecule has 90 valence electrons. The molecule has 3 nitrogen and oxygen atoms in total. The van der Waals surface area contributed by atoms with E-state index in [1.165, 1.54) is 16.4 Å². The van der Waals surface area contributed by atoms with Crippen molar-refractivity contribution in [2.45, 2.75) is 32.7 Å². The van der Waals surface area contributed by atoms with Gasteiger partial charge in [0, 0.05) is 11.1 Å². The van der Waals surface area contributed by atoms with Crippen molar-refractivity contribution in [1.82, 2.24) is 9.59 Å². The molecule has 2 rings (SSSR count). The van der Waals surface area contributed by atoms with Crippen LogP contribution in [-0.2, 0) is 12.0 Å². The molecule has 4 heteroatoms. The number of nitrogens with zero attached hydrogens (tertiary/aromatic N) is 2. The zero-order chi connectivity index (χ0) is 12.3. The standard InChI is InChI=1S/C13H17N3S/c1-13(2,3)12-11(17-16-15-12)9-14-10-7-5-4-6-8-10/h4-8,14H,9H2,1-3H3. The highest BCUT2D eigenvalue weighted by atomic mass is 32.1. The molecule has 17 heavy (non-hydrogen) atoms. The average molecular weight is 247 g/mol. The molecular weight excluding hydrogens is 230 g/mol. The largest absolute Gasteiger partial charge is 0.380 e. The molecule has 0 bridgehead atoms. The molecule has 1 aromatic heterocycles. The van der Waals surface area contributed by atoms with E-state index >= 15 is 0 Å². The maximum Gasteiger partial charge on any atom is 0.0859 e. The van der Waals surface area contributed by atoms with E-state index in [2.05, 4.69) is 47.8 Å². The number of hydrogen-bond acceptors (Lipinski definition) is 4. The van der Waals surface area contributed by atoms with Gasteiger partial charge in [-0.2, -0.15) is 0 Å². The van der Waals surface area contributed by atoms with Crippen molar-refractivity contribution in [1.29, 1.82) is 0 Å². The molecule has 1 heterocycles. The first-order chi connectivity index (χ1) is 8.07. The monoisotopic (exact) mass is 247 g/mol. The van der Waals surface area contributed by atoms with Crippen molar-refractivity contribution < 1.29 is 0 Å². The molecule has 0 saturated heterocycles. The van der Waals surface area contributed by atoms with E-state index in [1.54, 1.807) is 0 Å². The summed E-state index contributed by atoms with van der Waals surface area (Å²) in [5.74, 6) is 0. The number of hydrogen-bond donors (Lipinski definition) is 1. The van der Waals surface area contributed by atoms with E-state index in [0.717, 1.165) is 17.9 Å². The zero-order valence-electron chi connectivity index (χ0n) is 10.4. The normalized spacial score (nSPS) is 11.5. The number of nitrogens with one attached hydrogen (secondary N) is 1. The summed E-state index contributed by atoms with van der Waals surface area (Å²) in [6, 6.07) is 10.2. The van der Waals surface area contributed by atoms with Crippen molar-refractivity contribution >= 4 is 17.2 Å². The third kappa shape index (κ3) is 3.03. The summed E-state index contributed by atoms with van der Waals surface area (Å²) in [6.45, 7) is 7.27. The van der Waals surface area contributed by atoms with Crippen molar-refractivity contribution in [3.05, 3.63) is 40.9 Å². The van der Waals surface area contributed by atoms with E-state index in [-0.39, 0.29) is 5.41 Å². The maximum atomic E-state index is 4.23. The van der Waals surface area contributed by atoms with E-state index in [4.69, 9.17) is 0 Å². The van der Waals surface area contributed by atoms with Gasteiger partial charge in [0.1, 0.15) is 0 Å². The highest BCUT2D eigenvalue weighted by molar-refractivity contribution is 7.05. The number of benzene rings is 1. The fraction of sp³-hybridized carbons (Fsp3) is 0.385. The summed E-state index contributed by atoms with van der Waals surface area (Å²) < 4.78 is 4.05. The molecule has 1 N–H and O–H groups in total. The summed E-state index contributed by atoms with van der Waals surface area (Å²) in [5.41, 5.74) is 2.27. The van der Waals surface area contributed by atoms with Crippen LogP contribution in [0.15, 0.2) is 30.3 Å². The number of anilines is 1.